The smallest absolute Gasteiger partial charge is 0.246 e. The Morgan fingerprint density at radius 1 is 1.26 bits per heavy atom. The van der Waals surface area contributed by atoms with E-state index < -0.39 is 10.0 Å². The highest BCUT2D eigenvalue weighted by atomic mass is 32.2. The molecule has 1 saturated carbocycles. The molecule has 1 N–H and O–H groups in total. The van der Waals surface area contributed by atoms with Crippen molar-refractivity contribution in [2.75, 3.05) is 10.5 Å². The summed E-state index contributed by atoms with van der Waals surface area (Å²) in [5.74, 6) is 0.466. The number of amides is 1. The van der Waals surface area contributed by atoms with E-state index in [4.69, 9.17) is 4.52 Å². The molecule has 1 aliphatic heterocycles. The molecule has 0 unspecified atom stereocenters. The first-order valence-electron chi connectivity index (χ1n) is 11.7. The van der Waals surface area contributed by atoms with Crippen LogP contribution in [0.1, 0.15) is 54.5 Å². The van der Waals surface area contributed by atoms with Gasteiger partial charge in [-0.05, 0) is 49.0 Å². The number of sulfonamides is 1. The predicted octanol–water partition coefficient (Wildman–Crippen LogP) is 3.73. The Hall–Kier alpha value is -3.14. The van der Waals surface area contributed by atoms with Crippen LogP contribution in [0.3, 0.4) is 0 Å². The van der Waals surface area contributed by atoms with Crippen molar-refractivity contribution in [1.82, 2.24) is 19.8 Å². The molecule has 34 heavy (non-hydrogen) atoms. The fourth-order valence-corrected chi connectivity index (χ4v) is 6.63. The van der Waals surface area contributed by atoms with E-state index in [1.807, 2.05) is 23.7 Å². The molecule has 1 aromatic carbocycles. The fourth-order valence-electron chi connectivity index (χ4n) is 5.16. The van der Waals surface area contributed by atoms with Gasteiger partial charge in [-0.2, -0.15) is 5.10 Å². The fraction of sp³-hybridized carbons (Fsp3) is 0.458. The third-order valence-electron chi connectivity index (χ3n) is 6.82. The summed E-state index contributed by atoms with van der Waals surface area (Å²) in [6.07, 6.45) is 8.41. The van der Waals surface area contributed by atoms with Gasteiger partial charge >= 0.3 is 0 Å². The monoisotopic (exact) mass is 483 g/mol. The summed E-state index contributed by atoms with van der Waals surface area (Å²) in [6.45, 7) is 7.01. The summed E-state index contributed by atoms with van der Waals surface area (Å²) in [6, 6.07) is 3.86. The molecular formula is C24H29N5O4S. The standard InChI is InChI=1S/C24H29N5O4S/c1-3-22(30)28-13-19-11-25-29(20(19)14-28)12-18-9-16(2)23-21(10-18)33-26-24(23)27-34(31,32)15-17-7-5-4-6-8-17/h3,9-11,17H,1,4-8,12-15H2,2H3,(H,26,27). The topological polar surface area (TPSA) is 110 Å². The molecule has 1 amide bonds. The summed E-state index contributed by atoms with van der Waals surface area (Å²) in [5, 5.41) is 9.19. The van der Waals surface area contributed by atoms with E-state index in [2.05, 4.69) is 21.6 Å². The Morgan fingerprint density at radius 2 is 2.06 bits per heavy atom. The van der Waals surface area contributed by atoms with Crippen LogP contribution in [0.4, 0.5) is 5.82 Å². The van der Waals surface area contributed by atoms with E-state index in [0.29, 0.717) is 30.6 Å². The lowest BCUT2D eigenvalue weighted by Gasteiger charge is -2.21. The molecule has 3 heterocycles. The third kappa shape index (κ3) is 4.46. The summed E-state index contributed by atoms with van der Waals surface area (Å²) in [7, 11) is -3.51. The summed E-state index contributed by atoms with van der Waals surface area (Å²) >= 11 is 0. The molecule has 1 fully saturated rings. The zero-order valence-electron chi connectivity index (χ0n) is 19.3. The van der Waals surface area contributed by atoms with Crippen LogP contribution >= 0.6 is 0 Å². The number of hydrogen-bond acceptors (Lipinski definition) is 6. The van der Waals surface area contributed by atoms with E-state index in [-0.39, 0.29) is 23.4 Å². The van der Waals surface area contributed by atoms with E-state index in [9.17, 15) is 13.2 Å². The van der Waals surface area contributed by atoms with Gasteiger partial charge in [-0.15, -0.1) is 0 Å². The lowest BCUT2D eigenvalue weighted by Crippen LogP contribution is -2.24. The summed E-state index contributed by atoms with van der Waals surface area (Å²) < 4.78 is 35.6. The van der Waals surface area contributed by atoms with Gasteiger partial charge in [-0.25, -0.2) is 8.42 Å². The highest BCUT2D eigenvalue weighted by molar-refractivity contribution is 7.92. The largest absolute Gasteiger partial charge is 0.354 e. The van der Waals surface area contributed by atoms with Gasteiger partial charge in [0, 0.05) is 12.1 Å². The Morgan fingerprint density at radius 3 is 2.82 bits per heavy atom. The number of fused-ring (bicyclic) bond motifs is 2. The van der Waals surface area contributed by atoms with Crippen LogP contribution in [0, 0.1) is 12.8 Å². The summed E-state index contributed by atoms with van der Waals surface area (Å²) in [4.78, 5) is 13.7. The van der Waals surface area contributed by atoms with Gasteiger partial charge in [0.15, 0.2) is 11.4 Å². The summed E-state index contributed by atoms with van der Waals surface area (Å²) in [5.41, 5.74) is 4.38. The number of rotatable bonds is 7. The van der Waals surface area contributed by atoms with Crippen LogP contribution in [-0.2, 0) is 34.5 Å². The molecule has 2 aromatic heterocycles. The quantitative estimate of drug-likeness (QED) is 0.513. The van der Waals surface area contributed by atoms with E-state index >= 15 is 0 Å². The lowest BCUT2D eigenvalue weighted by atomic mass is 9.91. The highest BCUT2D eigenvalue weighted by Gasteiger charge is 2.27. The van der Waals surface area contributed by atoms with Gasteiger partial charge in [0.05, 0.1) is 36.1 Å². The molecule has 0 atom stereocenters. The zero-order chi connectivity index (χ0) is 23.9. The van der Waals surface area contributed by atoms with Gasteiger partial charge in [-0.1, -0.05) is 37.1 Å². The van der Waals surface area contributed by atoms with Crippen LogP contribution < -0.4 is 4.72 Å². The Bertz CT molecular complexity index is 1350. The molecular weight excluding hydrogens is 454 g/mol. The van der Waals surface area contributed by atoms with Gasteiger partial charge in [0.2, 0.25) is 15.9 Å². The minimum Gasteiger partial charge on any atom is -0.354 e. The number of carbonyl (C=O) groups is 1. The number of aromatic nitrogens is 3. The van der Waals surface area contributed by atoms with Crippen LogP contribution in [0.5, 0.6) is 0 Å². The Labute approximate surface area is 198 Å². The van der Waals surface area contributed by atoms with Gasteiger partial charge in [0.25, 0.3) is 0 Å². The average molecular weight is 484 g/mol. The van der Waals surface area contributed by atoms with E-state index in [1.54, 1.807) is 11.1 Å². The number of anilines is 1. The number of nitrogens with one attached hydrogen (secondary N) is 1. The Kier molecular flexibility index (Phi) is 5.93. The van der Waals surface area contributed by atoms with Crippen LogP contribution in [0.2, 0.25) is 0 Å². The molecule has 180 valence electrons. The number of benzene rings is 1. The van der Waals surface area contributed by atoms with E-state index in [1.165, 1.54) is 12.5 Å². The van der Waals surface area contributed by atoms with Crippen molar-refractivity contribution >= 4 is 32.7 Å². The van der Waals surface area contributed by atoms with Crippen molar-refractivity contribution in [2.45, 2.75) is 58.7 Å². The first-order chi connectivity index (χ1) is 16.3. The molecule has 0 saturated heterocycles. The number of hydrogen-bond donors (Lipinski definition) is 1. The van der Waals surface area contributed by atoms with Crippen molar-refractivity contribution in [1.29, 1.82) is 0 Å². The minimum absolute atomic E-state index is 0.0971. The second kappa shape index (κ2) is 8.90. The number of carbonyl (C=O) groups excluding carboxylic acids is 1. The van der Waals surface area contributed by atoms with Crippen molar-refractivity contribution in [3.8, 4) is 0 Å². The second-order valence-corrected chi connectivity index (χ2v) is 11.1. The minimum atomic E-state index is -3.51. The molecule has 3 aromatic rings. The maximum atomic E-state index is 12.8. The molecule has 0 radical (unpaired) electrons. The van der Waals surface area contributed by atoms with Gasteiger partial charge in [0.1, 0.15) is 0 Å². The van der Waals surface area contributed by atoms with Gasteiger partial charge in [-0.3, -0.25) is 14.2 Å². The first-order valence-corrected chi connectivity index (χ1v) is 13.3. The number of nitrogens with zero attached hydrogens (tertiary/aromatic N) is 4. The van der Waals surface area contributed by atoms with Crippen molar-refractivity contribution in [3.05, 3.63) is 53.4 Å². The number of aryl methyl sites for hydroxylation is 1. The molecule has 2 aliphatic rings. The van der Waals surface area contributed by atoms with Crippen molar-refractivity contribution in [3.63, 3.8) is 0 Å². The SMILES string of the molecule is C=CC(=O)N1Cc2cnn(Cc3cc(C)c4c(NS(=O)(=O)CC5CCCCC5)noc4c3)c2C1. The molecule has 0 bridgehead atoms. The van der Waals surface area contributed by atoms with Crippen molar-refractivity contribution < 1.29 is 17.7 Å². The van der Waals surface area contributed by atoms with Crippen LogP contribution in [0.25, 0.3) is 11.0 Å². The third-order valence-corrected chi connectivity index (χ3v) is 8.23. The molecule has 1 aliphatic carbocycles. The molecule has 5 rings (SSSR count). The maximum Gasteiger partial charge on any atom is 0.246 e. The normalized spacial score (nSPS) is 16.7. The van der Waals surface area contributed by atoms with Crippen LogP contribution in [-0.4, -0.2) is 39.9 Å². The lowest BCUT2D eigenvalue weighted by molar-refractivity contribution is -0.126. The average Bonchev–Trinajstić information content (AvgIpc) is 3.49. The Balaban J connectivity index is 1.34. The van der Waals surface area contributed by atoms with Gasteiger partial charge < -0.3 is 9.42 Å². The maximum absolute atomic E-state index is 12.8. The zero-order valence-corrected chi connectivity index (χ0v) is 20.1. The molecule has 10 heteroatoms. The highest BCUT2D eigenvalue weighted by Crippen LogP contribution is 2.31. The molecule has 9 nitrogen and oxygen atoms in total. The first kappa shape index (κ1) is 22.6. The molecule has 0 spiro atoms. The second-order valence-electron chi connectivity index (χ2n) is 9.38. The van der Waals surface area contributed by atoms with E-state index in [0.717, 1.165) is 48.1 Å². The predicted molar refractivity (Wildman–Crippen MR) is 129 cm³/mol. The van der Waals surface area contributed by atoms with Crippen molar-refractivity contribution in [2.24, 2.45) is 5.92 Å². The van der Waals surface area contributed by atoms with Crippen LogP contribution in [0.15, 0.2) is 35.5 Å².